The Morgan fingerprint density at radius 3 is 2.55 bits per heavy atom. The maximum atomic E-state index is 12.5. The van der Waals surface area contributed by atoms with Gasteiger partial charge in [-0.15, -0.1) is 0 Å². The molecule has 2 aliphatic rings. The number of aromatic nitrogens is 2. The van der Waals surface area contributed by atoms with Gasteiger partial charge < -0.3 is 5.11 Å². The lowest BCUT2D eigenvalue weighted by Gasteiger charge is -2.42. The Kier molecular flexibility index (Phi) is 3.60. The van der Waals surface area contributed by atoms with Crippen LogP contribution in [0.15, 0.2) is 28.9 Å². The summed E-state index contributed by atoms with van der Waals surface area (Å²) in [6, 6.07) is 0. The van der Waals surface area contributed by atoms with Gasteiger partial charge in [0.15, 0.2) is 0 Å². The lowest BCUT2D eigenvalue weighted by molar-refractivity contribution is -0.151. The van der Waals surface area contributed by atoms with E-state index < -0.39 is 21.4 Å². The molecule has 0 radical (unpaired) electrons. The van der Waals surface area contributed by atoms with Gasteiger partial charge in [0.05, 0.1) is 11.6 Å². The highest BCUT2D eigenvalue weighted by Gasteiger charge is 2.48. The average Bonchev–Trinajstić information content (AvgIpc) is 2.85. The summed E-state index contributed by atoms with van der Waals surface area (Å²) >= 11 is 0. The van der Waals surface area contributed by atoms with Crippen LogP contribution in [-0.2, 0) is 21.9 Å². The number of carbonyl (C=O) groups is 1. The molecule has 22 heavy (non-hydrogen) atoms. The highest BCUT2D eigenvalue weighted by molar-refractivity contribution is 7.89. The van der Waals surface area contributed by atoms with Crippen LogP contribution in [0.2, 0.25) is 0 Å². The van der Waals surface area contributed by atoms with Crippen molar-refractivity contribution in [2.24, 2.45) is 12.5 Å². The van der Waals surface area contributed by atoms with Gasteiger partial charge in [-0.25, -0.2) is 8.42 Å². The van der Waals surface area contributed by atoms with E-state index in [0.717, 1.165) is 12.0 Å². The largest absolute Gasteiger partial charge is 0.481 e. The summed E-state index contributed by atoms with van der Waals surface area (Å²) in [7, 11) is -1.89. The lowest BCUT2D eigenvalue weighted by Crippen LogP contribution is -2.44. The normalized spacial score (nSPS) is 22.0. The SMILES string of the molecule is Cn1cc(S(=O)(=O)N2CC=C(C3(C(=O)O)CCC3)CC2)cn1. The van der Waals surface area contributed by atoms with Crippen molar-refractivity contribution >= 4 is 16.0 Å². The molecule has 1 fully saturated rings. The number of aryl methyl sites for hydroxylation is 1. The van der Waals surface area contributed by atoms with Crippen molar-refractivity contribution in [1.29, 1.82) is 0 Å². The standard InChI is InChI=1S/C14H19N3O4S/c1-16-10-12(9-15-16)22(20,21)17-7-3-11(4-8-17)14(13(18)19)5-2-6-14/h3,9-10H,2,4-8H2,1H3,(H,18,19). The molecule has 1 aromatic rings. The first kappa shape index (κ1) is 15.2. The second-order valence-corrected chi connectivity index (χ2v) is 7.87. The molecule has 1 aliphatic heterocycles. The number of aliphatic carboxylic acids is 1. The summed E-state index contributed by atoms with van der Waals surface area (Å²) in [5.74, 6) is -0.784. The number of rotatable bonds is 4. The maximum absolute atomic E-state index is 12.5. The van der Waals surface area contributed by atoms with Gasteiger partial charge in [-0.05, 0) is 19.3 Å². The molecular formula is C14H19N3O4S. The van der Waals surface area contributed by atoms with Gasteiger partial charge in [0.2, 0.25) is 10.0 Å². The summed E-state index contributed by atoms with van der Waals surface area (Å²) in [6.07, 6.45) is 7.29. The van der Waals surface area contributed by atoms with Crippen LogP contribution < -0.4 is 0 Å². The van der Waals surface area contributed by atoms with E-state index in [1.165, 1.54) is 21.4 Å². The molecule has 0 saturated heterocycles. The predicted molar refractivity (Wildman–Crippen MR) is 78.6 cm³/mol. The average molecular weight is 325 g/mol. The summed E-state index contributed by atoms with van der Waals surface area (Å²) in [5, 5.41) is 13.4. The van der Waals surface area contributed by atoms with E-state index in [4.69, 9.17) is 0 Å². The number of hydrogen-bond acceptors (Lipinski definition) is 4. The van der Waals surface area contributed by atoms with Crippen molar-refractivity contribution in [3.05, 3.63) is 24.0 Å². The Labute approximate surface area is 129 Å². The summed E-state index contributed by atoms with van der Waals surface area (Å²) in [6.45, 7) is 0.541. The molecule has 0 atom stereocenters. The molecule has 1 saturated carbocycles. The van der Waals surface area contributed by atoms with Crippen LogP contribution in [0.3, 0.4) is 0 Å². The molecule has 0 aromatic carbocycles. The number of nitrogens with zero attached hydrogens (tertiary/aromatic N) is 3. The van der Waals surface area contributed by atoms with E-state index in [-0.39, 0.29) is 11.4 Å². The van der Waals surface area contributed by atoms with Crippen LogP contribution in [0.25, 0.3) is 0 Å². The van der Waals surface area contributed by atoms with Crippen LogP contribution >= 0.6 is 0 Å². The first-order chi connectivity index (χ1) is 10.4. The topological polar surface area (TPSA) is 92.5 Å². The van der Waals surface area contributed by atoms with Crippen LogP contribution in [0.4, 0.5) is 0 Å². The van der Waals surface area contributed by atoms with E-state index in [9.17, 15) is 18.3 Å². The molecule has 0 bridgehead atoms. The first-order valence-corrected chi connectivity index (χ1v) is 8.72. The Morgan fingerprint density at radius 2 is 2.14 bits per heavy atom. The fraction of sp³-hybridized carbons (Fsp3) is 0.571. The molecule has 0 unspecified atom stereocenters. The van der Waals surface area contributed by atoms with Gasteiger partial charge in [-0.2, -0.15) is 9.40 Å². The Balaban J connectivity index is 1.80. The van der Waals surface area contributed by atoms with Crippen molar-refractivity contribution in [1.82, 2.24) is 14.1 Å². The fourth-order valence-corrected chi connectivity index (χ4v) is 4.55. The van der Waals surface area contributed by atoms with E-state index in [1.807, 2.05) is 0 Å². The van der Waals surface area contributed by atoms with Gasteiger partial charge >= 0.3 is 5.97 Å². The minimum atomic E-state index is -3.56. The molecule has 1 aliphatic carbocycles. The fourth-order valence-electron chi connectivity index (χ4n) is 3.19. The summed E-state index contributed by atoms with van der Waals surface area (Å²) in [5.41, 5.74) is 0.133. The summed E-state index contributed by atoms with van der Waals surface area (Å²) < 4.78 is 27.8. The molecule has 120 valence electrons. The Hall–Kier alpha value is -1.67. The predicted octanol–water partition coefficient (Wildman–Crippen LogP) is 0.996. The van der Waals surface area contributed by atoms with Crippen molar-refractivity contribution in [3.63, 3.8) is 0 Å². The number of sulfonamides is 1. The maximum Gasteiger partial charge on any atom is 0.313 e. The Bertz CT molecular complexity index is 731. The molecule has 0 amide bonds. The third-order valence-corrected chi connectivity index (χ3v) is 6.54. The van der Waals surface area contributed by atoms with Gasteiger partial charge in [0, 0.05) is 26.3 Å². The van der Waals surface area contributed by atoms with Gasteiger partial charge in [0.25, 0.3) is 0 Å². The molecule has 2 heterocycles. The molecule has 1 aromatic heterocycles. The minimum absolute atomic E-state index is 0.170. The monoisotopic (exact) mass is 325 g/mol. The second kappa shape index (κ2) is 5.20. The van der Waals surface area contributed by atoms with Gasteiger partial charge in [-0.1, -0.05) is 18.1 Å². The molecule has 8 heteroatoms. The van der Waals surface area contributed by atoms with Crippen LogP contribution in [0, 0.1) is 5.41 Å². The van der Waals surface area contributed by atoms with Crippen LogP contribution in [0.1, 0.15) is 25.7 Å². The third kappa shape index (κ3) is 2.26. The van der Waals surface area contributed by atoms with Crippen molar-refractivity contribution in [3.8, 4) is 0 Å². The second-order valence-electron chi connectivity index (χ2n) is 5.93. The summed E-state index contributed by atoms with van der Waals surface area (Å²) in [4.78, 5) is 11.7. The zero-order chi connectivity index (χ0) is 16.0. The van der Waals surface area contributed by atoms with Crippen LogP contribution in [0.5, 0.6) is 0 Å². The molecule has 7 nitrogen and oxygen atoms in total. The van der Waals surface area contributed by atoms with E-state index >= 15 is 0 Å². The van der Waals surface area contributed by atoms with Crippen molar-refractivity contribution in [2.75, 3.05) is 13.1 Å². The van der Waals surface area contributed by atoms with Gasteiger partial charge in [-0.3, -0.25) is 9.48 Å². The zero-order valence-corrected chi connectivity index (χ0v) is 13.2. The van der Waals surface area contributed by atoms with Gasteiger partial charge in [0.1, 0.15) is 4.90 Å². The van der Waals surface area contributed by atoms with Crippen molar-refractivity contribution < 1.29 is 18.3 Å². The lowest BCUT2D eigenvalue weighted by atomic mass is 9.63. The molecule has 1 N–H and O–H groups in total. The highest BCUT2D eigenvalue weighted by Crippen LogP contribution is 2.49. The smallest absolute Gasteiger partial charge is 0.313 e. The van der Waals surface area contributed by atoms with E-state index in [0.29, 0.717) is 25.8 Å². The minimum Gasteiger partial charge on any atom is -0.481 e. The van der Waals surface area contributed by atoms with Crippen LogP contribution in [-0.4, -0.2) is 46.7 Å². The quantitative estimate of drug-likeness (QED) is 0.834. The van der Waals surface area contributed by atoms with E-state index in [2.05, 4.69) is 5.10 Å². The van der Waals surface area contributed by atoms with E-state index in [1.54, 1.807) is 13.1 Å². The molecule has 3 rings (SSSR count). The Morgan fingerprint density at radius 1 is 1.41 bits per heavy atom. The number of carboxylic acid groups (broad SMARTS) is 1. The molecule has 0 spiro atoms. The van der Waals surface area contributed by atoms with Crippen molar-refractivity contribution in [2.45, 2.75) is 30.6 Å². The zero-order valence-electron chi connectivity index (χ0n) is 12.4. The number of hydrogen-bond donors (Lipinski definition) is 1. The first-order valence-electron chi connectivity index (χ1n) is 7.28. The third-order valence-electron chi connectivity index (χ3n) is 4.72. The molecular weight excluding hydrogens is 306 g/mol. The number of carboxylic acids is 1. The highest BCUT2D eigenvalue weighted by atomic mass is 32.2.